The van der Waals surface area contributed by atoms with Crippen LogP contribution in [0.2, 0.25) is 0 Å². The lowest BCUT2D eigenvalue weighted by molar-refractivity contribution is -0.118. The number of hydrogen-bond donors (Lipinski definition) is 2. The molecule has 1 aromatic heterocycles. The Labute approximate surface area is 155 Å². The van der Waals surface area contributed by atoms with Crippen LogP contribution in [0.4, 0.5) is 11.4 Å². The van der Waals surface area contributed by atoms with Crippen LogP contribution >= 0.6 is 0 Å². The van der Waals surface area contributed by atoms with E-state index in [0.29, 0.717) is 6.54 Å². The van der Waals surface area contributed by atoms with Gasteiger partial charge in [0.1, 0.15) is 0 Å². The number of benzene rings is 1. The molecule has 3 rings (SSSR count). The molecule has 26 heavy (non-hydrogen) atoms. The van der Waals surface area contributed by atoms with E-state index in [4.69, 9.17) is 0 Å². The highest BCUT2D eigenvalue weighted by Gasteiger charge is 2.18. The van der Waals surface area contributed by atoms with Gasteiger partial charge in [-0.2, -0.15) is 0 Å². The molecule has 1 aliphatic rings. The van der Waals surface area contributed by atoms with Gasteiger partial charge in [-0.15, -0.1) is 0 Å². The van der Waals surface area contributed by atoms with Crippen LogP contribution in [0.15, 0.2) is 48.8 Å². The molecule has 1 atom stereocenters. The number of aromatic nitrogens is 1. The smallest absolute Gasteiger partial charge is 0.241 e. The van der Waals surface area contributed by atoms with Gasteiger partial charge in [-0.05, 0) is 49.1 Å². The molecule has 1 unspecified atom stereocenters. The Hall–Kier alpha value is -2.40. The van der Waals surface area contributed by atoms with E-state index in [0.717, 1.165) is 37.2 Å². The number of nitrogens with zero attached hydrogens (tertiary/aromatic N) is 2. The number of rotatable bonds is 8. The van der Waals surface area contributed by atoms with Crippen LogP contribution < -0.4 is 15.5 Å². The van der Waals surface area contributed by atoms with Gasteiger partial charge in [0.25, 0.3) is 0 Å². The van der Waals surface area contributed by atoms with Crippen molar-refractivity contribution in [1.82, 2.24) is 10.3 Å². The fourth-order valence-electron chi connectivity index (χ4n) is 3.34. The normalized spacial score (nSPS) is 15.0. The molecule has 2 heterocycles. The third kappa shape index (κ3) is 5.05. The summed E-state index contributed by atoms with van der Waals surface area (Å²) in [7, 11) is 0. The maximum absolute atomic E-state index is 12.8. The zero-order valence-electron chi connectivity index (χ0n) is 15.4. The lowest BCUT2D eigenvalue weighted by atomic mass is 10.1. The van der Waals surface area contributed by atoms with Crippen molar-refractivity contribution < 1.29 is 4.79 Å². The van der Waals surface area contributed by atoms with Crippen molar-refractivity contribution >= 4 is 17.3 Å². The van der Waals surface area contributed by atoms with E-state index in [1.165, 1.54) is 18.5 Å². The molecule has 1 amide bonds. The number of anilines is 2. The number of pyridine rings is 1. The van der Waals surface area contributed by atoms with E-state index in [1.807, 2.05) is 30.5 Å². The van der Waals surface area contributed by atoms with Crippen LogP contribution in [0.1, 0.15) is 38.2 Å². The number of nitrogens with one attached hydrogen (secondary N) is 2. The van der Waals surface area contributed by atoms with Crippen LogP contribution in [0.5, 0.6) is 0 Å². The summed E-state index contributed by atoms with van der Waals surface area (Å²) < 4.78 is 0. The second kappa shape index (κ2) is 9.34. The Morgan fingerprint density at radius 3 is 2.81 bits per heavy atom. The monoisotopic (exact) mass is 352 g/mol. The van der Waals surface area contributed by atoms with Gasteiger partial charge < -0.3 is 15.5 Å². The molecular weight excluding hydrogens is 324 g/mol. The highest BCUT2D eigenvalue weighted by atomic mass is 16.2. The maximum atomic E-state index is 12.8. The highest BCUT2D eigenvalue weighted by molar-refractivity contribution is 5.95. The van der Waals surface area contributed by atoms with Gasteiger partial charge in [-0.25, -0.2) is 0 Å². The molecule has 5 heteroatoms. The fraction of sp³-hybridized carbons (Fsp3) is 0.429. The minimum Gasteiger partial charge on any atom is -0.371 e. The van der Waals surface area contributed by atoms with E-state index >= 15 is 0 Å². The van der Waals surface area contributed by atoms with Crippen molar-refractivity contribution in [2.24, 2.45) is 0 Å². The molecule has 0 saturated carbocycles. The third-order valence-corrected chi connectivity index (χ3v) is 4.75. The van der Waals surface area contributed by atoms with Crippen molar-refractivity contribution in [3.63, 3.8) is 0 Å². The summed E-state index contributed by atoms with van der Waals surface area (Å²) in [6.45, 7) is 4.94. The first-order chi connectivity index (χ1) is 12.8. The van der Waals surface area contributed by atoms with Gasteiger partial charge in [0.2, 0.25) is 5.91 Å². The first-order valence-corrected chi connectivity index (χ1v) is 9.54. The number of carbonyl (C=O) groups excluding carboxylic acids is 1. The second-order valence-corrected chi connectivity index (χ2v) is 6.82. The zero-order chi connectivity index (χ0) is 18.2. The molecule has 0 bridgehead atoms. The van der Waals surface area contributed by atoms with Crippen LogP contribution in [-0.2, 0) is 11.3 Å². The fourth-order valence-corrected chi connectivity index (χ4v) is 3.34. The minimum atomic E-state index is -0.212. The topological polar surface area (TPSA) is 57.3 Å². The highest BCUT2D eigenvalue weighted by Crippen LogP contribution is 2.23. The summed E-state index contributed by atoms with van der Waals surface area (Å²) in [4.78, 5) is 19.3. The second-order valence-electron chi connectivity index (χ2n) is 6.82. The Bertz CT molecular complexity index is 698. The summed E-state index contributed by atoms with van der Waals surface area (Å²) in [5, 5.41) is 6.45. The van der Waals surface area contributed by atoms with E-state index in [2.05, 4.69) is 39.6 Å². The molecule has 0 spiro atoms. The molecule has 1 aromatic carbocycles. The Kier molecular flexibility index (Phi) is 6.61. The summed E-state index contributed by atoms with van der Waals surface area (Å²) >= 11 is 0. The van der Waals surface area contributed by atoms with Crippen molar-refractivity contribution in [2.75, 3.05) is 23.3 Å². The maximum Gasteiger partial charge on any atom is 0.241 e. The quantitative estimate of drug-likeness (QED) is 0.762. The number of amides is 1. The van der Waals surface area contributed by atoms with E-state index in [-0.39, 0.29) is 11.9 Å². The first-order valence-electron chi connectivity index (χ1n) is 9.54. The van der Waals surface area contributed by atoms with Gasteiger partial charge in [0.05, 0.1) is 6.04 Å². The lowest BCUT2D eigenvalue weighted by Crippen LogP contribution is -2.40. The van der Waals surface area contributed by atoms with Gasteiger partial charge >= 0.3 is 0 Å². The molecule has 1 aliphatic heterocycles. The average molecular weight is 352 g/mol. The van der Waals surface area contributed by atoms with Crippen LogP contribution in [0, 0.1) is 0 Å². The van der Waals surface area contributed by atoms with Gasteiger partial charge in [0.15, 0.2) is 0 Å². The molecule has 0 aliphatic carbocycles. The minimum absolute atomic E-state index is 0.0225. The summed E-state index contributed by atoms with van der Waals surface area (Å²) in [6, 6.07) is 11.9. The molecule has 2 N–H and O–H groups in total. The predicted molar refractivity (Wildman–Crippen MR) is 106 cm³/mol. The van der Waals surface area contributed by atoms with Gasteiger partial charge in [-0.1, -0.05) is 25.5 Å². The van der Waals surface area contributed by atoms with Gasteiger partial charge in [-0.3, -0.25) is 9.78 Å². The molecule has 1 fully saturated rings. The van der Waals surface area contributed by atoms with Crippen LogP contribution in [0.25, 0.3) is 0 Å². The standard InChI is InChI=1S/C21H28N4O/c1-2-7-20(23-16-17-8-6-11-22-15-17)21(26)24-18-9-5-10-19(14-18)25-12-3-4-13-25/h5-6,8-11,14-15,20,23H,2-4,7,12-13,16H2,1H3,(H,24,26). The predicted octanol–water partition coefficient (Wildman–Crippen LogP) is 3.58. The molecule has 138 valence electrons. The Balaban J connectivity index is 1.61. The summed E-state index contributed by atoms with van der Waals surface area (Å²) in [5.41, 5.74) is 3.14. The molecule has 5 nitrogen and oxygen atoms in total. The van der Waals surface area contributed by atoms with Gasteiger partial charge in [0, 0.05) is 43.4 Å². The number of hydrogen-bond acceptors (Lipinski definition) is 4. The van der Waals surface area contributed by atoms with E-state index in [9.17, 15) is 4.79 Å². The Morgan fingerprint density at radius 1 is 1.23 bits per heavy atom. The zero-order valence-corrected chi connectivity index (χ0v) is 15.4. The molecule has 2 aromatic rings. The molecular formula is C21H28N4O. The first kappa shape index (κ1) is 18.4. The Morgan fingerprint density at radius 2 is 2.08 bits per heavy atom. The molecule has 0 radical (unpaired) electrons. The SMILES string of the molecule is CCCC(NCc1cccnc1)C(=O)Nc1cccc(N2CCCC2)c1. The van der Waals surface area contributed by atoms with Crippen molar-refractivity contribution in [3.8, 4) is 0 Å². The van der Waals surface area contributed by atoms with Crippen molar-refractivity contribution in [3.05, 3.63) is 54.4 Å². The van der Waals surface area contributed by atoms with Crippen molar-refractivity contribution in [1.29, 1.82) is 0 Å². The summed E-state index contributed by atoms with van der Waals surface area (Å²) in [5.74, 6) is 0.0225. The number of carbonyl (C=O) groups is 1. The largest absolute Gasteiger partial charge is 0.371 e. The van der Waals surface area contributed by atoms with Crippen LogP contribution in [-0.4, -0.2) is 30.0 Å². The summed E-state index contributed by atoms with van der Waals surface area (Å²) in [6.07, 6.45) is 7.82. The molecule has 1 saturated heterocycles. The lowest BCUT2D eigenvalue weighted by Gasteiger charge is -2.20. The average Bonchev–Trinajstić information content (AvgIpc) is 3.21. The van der Waals surface area contributed by atoms with Crippen molar-refractivity contribution in [2.45, 2.75) is 45.2 Å². The van der Waals surface area contributed by atoms with E-state index < -0.39 is 0 Å². The van der Waals surface area contributed by atoms with E-state index in [1.54, 1.807) is 6.20 Å². The third-order valence-electron chi connectivity index (χ3n) is 4.75. The van der Waals surface area contributed by atoms with Crippen LogP contribution in [0.3, 0.4) is 0 Å².